The highest BCUT2D eigenvalue weighted by atomic mass is 32.1. The average Bonchev–Trinajstić information content (AvgIpc) is 3.35. The van der Waals surface area contributed by atoms with Gasteiger partial charge in [0, 0.05) is 19.9 Å². The molecule has 7 nitrogen and oxygen atoms in total. The monoisotopic (exact) mass is 383 g/mol. The lowest BCUT2D eigenvalue weighted by Gasteiger charge is -2.22. The molecule has 1 amide bonds. The van der Waals surface area contributed by atoms with Gasteiger partial charge in [-0.25, -0.2) is 9.97 Å². The Labute approximate surface area is 161 Å². The largest absolute Gasteiger partial charge is 0.379 e. The van der Waals surface area contributed by atoms with Gasteiger partial charge in [0.2, 0.25) is 0 Å². The van der Waals surface area contributed by atoms with Crippen molar-refractivity contribution in [3.63, 3.8) is 0 Å². The number of fused-ring (bicyclic) bond motifs is 1. The summed E-state index contributed by atoms with van der Waals surface area (Å²) in [4.78, 5) is 29.4. The molecule has 0 aromatic carbocycles. The molecule has 0 bridgehead atoms. The lowest BCUT2D eigenvalue weighted by atomic mass is 10.1. The summed E-state index contributed by atoms with van der Waals surface area (Å²) in [6.45, 7) is 3.83. The number of nitrogens with zero attached hydrogens (tertiary/aromatic N) is 4. The van der Waals surface area contributed by atoms with Crippen LogP contribution in [0.15, 0.2) is 30.7 Å². The third kappa shape index (κ3) is 3.50. The molecule has 3 aromatic rings. The SMILES string of the molecule is Cc1c(C(=O)N(C)[C@H]2CCOC2)sc2ncnc(NCc3ccccn3)c12. The van der Waals surface area contributed by atoms with E-state index in [0.717, 1.165) is 33.7 Å². The molecule has 0 radical (unpaired) electrons. The molecule has 27 heavy (non-hydrogen) atoms. The van der Waals surface area contributed by atoms with Crippen molar-refractivity contribution in [2.75, 3.05) is 25.6 Å². The van der Waals surface area contributed by atoms with Gasteiger partial charge in [-0.2, -0.15) is 0 Å². The Bertz CT molecular complexity index is 953. The smallest absolute Gasteiger partial charge is 0.264 e. The van der Waals surface area contributed by atoms with Crippen LogP contribution in [-0.2, 0) is 11.3 Å². The third-order valence-electron chi connectivity index (χ3n) is 4.86. The van der Waals surface area contributed by atoms with E-state index < -0.39 is 0 Å². The van der Waals surface area contributed by atoms with Crippen LogP contribution in [0.3, 0.4) is 0 Å². The van der Waals surface area contributed by atoms with Crippen LogP contribution in [0.1, 0.15) is 27.3 Å². The van der Waals surface area contributed by atoms with Crippen molar-refractivity contribution >= 4 is 33.3 Å². The summed E-state index contributed by atoms with van der Waals surface area (Å²) >= 11 is 1.42. The number of ether oxygens (including phenoxy) is 1. The summed E-state index contributed by atoms with van der Waals surface area (Å²) in [6.07, 6.45) is 4.17. The fourth-order valence-electron chi connectivity index (χ4n) is 3.24. The van der Waals surface area contributed by atoms with Crippen LogP contribution in [0, 0.1) is 6.92 Å². The number of hydrogen-bond acceptors (Lipinski definition) is 7. The molecular weight excluding hydrogens is 362 g/mol. The van der Waals surface area contributed by atoms with E-state index in [2.05, 4.69) is 20.3 Å². The van der Waals surface area contributed by atoms with Gasteiger partial charge < -0.3 is 15.0 Å². The van der Waals surface area contributed by atoms with E-state index in [9.17, 15) is 4.79 Å². The molecule has 3 aromatic heterocycles. The number of carbonyl (C=O) groups excluding carboxylic acids is 1. The maximum Gasteiger partial charge on any atom is 0.264 e. The van der Waals surface area contributed by atoms with Crippen molar-refractivity contribution < 1.29 is 9.53 Å². The van der Waals surface area contributed by atoms with E-state index in [-0.39, 0.29) is 11.9 Å². The molecule has 4 heterocycles. The zero-order valence-electron chi connectivity index (χ0n) is 15.3. The Morgan fingerprint density at radius 2 is 2.26 bits per heavy atom. The number of pyridine rings is 1. The van der Waals surface area contributed by atoms with E-state index in [1.54, 1.807) is 11.1 Å². The van der Waals surface area contributed by atoms with Gasteiger partial charge in [0.05, 0.1) is 35.2 Å². The Morgan fingerprint density at radius 1 is 1.37 bits per heavy atom. The molecule has 0 saturated carbocycles. The number of hydrogen-bond donors (Lipinski definition) is 1. The van der Waals surface area contributed by atoms with Gasteiger partial charge >= 0.3 is 0 Å². The molecule has 1 aliphatic rings. The molecule has 4 rings (SSSR count). The molecule has 0 spiro atoms. The van der Waals surface area contributed by atoms with Crippen molar-refractivity contribution in [1.29, 1.82) is 0 Å². The number of thiophene rings is 1. The van der Waals surface area contributed by atoms with E-state index >= 15 is 0 Å². The molecule has 140 valence electrons. The quantitative estimate of drug-likeness (QED) is 0.730. The molecule has 8 heteroatoms. The molecular formula is C19H21N5O2S. The van der Waals surface area contributed by atoms with Crippen LogP contribution in [0.4, 0.5) is 5.82 Å². The highest BCUT2D eigenvalue weighted by Gasteiger charge is 2.28. The van der Waals surface area contributed by atoms with Crippen LogP contribution in [0.2, 0.25) is 0 Å². The van der Waals surface area contributed by atoms with Crippen LogP contribution >= 0.6 is 11.3 Å². The molecule has 1 fully saturated rings. The average molecular weight is 383 g/mol. The minimum absolute atomic E-state index is 0.0154. The van der Waals surface area contributed by atoms with Gasteiger partial charge in [-0.15, -0.1) is 11.3 Å². The fourth-order valence-corrected chi connectivity index (χ4v) is 4.37. The number of anilines is 1. The van der Waals surface area contributed by atoms with Crippen molar-refractivity contribution in [2.45, 2.75) is 25.9 Å². The molecule has 0 aliphatic carbocycles. The van der Waals surface area contributed by atoms with Crippen LogP contribution in [0.25, 0.3) is 10.2 Å². The number of nitrogens with one attached hydrogen (secondary N) is 1. The number of amides is 1. The predicted molar refractivity (Wildman–Crippen MR) is 105 cm³/mol. The minimum Gasteiger partial charge on any atom is -0.379 e. The van der Waals surface area contributed by atoms with Gasteiger partial charge in [0.15, 0.2) is 0 Å². The Balaban J connectivity index is 1.62. The van der Waals surface area contributed by atoms with E-state index in [1.165, 1.54) is 17.7 Å². The lowest BCUT2D eigenvalue weighted by molar-refractivity contribution is 0.0715. The number of carbonyl (C=O) groups is 1. The van der Waals surface area contributed by atoms with Crippen molar-refractivity contribution in [2.24, 2.45) is 0 Å². The summed E-state index contributed by atoms with van der Waals surface area (Å²) < 4.78 is 5.42. The first kappa shape index (κ1) is 17.8. The summed E-state index contributed by atoms with van der Waals surface area (Å²) in [7, 11) is 1.84. The first-order valence-corrected chi connectivity index (χ1v) is 9.69. The Kier molecular flexibility index (Phi) is 5.00. The molecule has 1 atom stereocenters. The zero-order valence-corrected chi connectivity index (χ0v) is 16.1. The molecule has 1 saturated heterocycles. The summed E-state index contributed by atoms with van der Waals surface area (Å²) in [5.74, 6) is 0.743. The van der Waals surface area contributed by atoms with E-state index in [0.29, 0.717) is 24.6 Å². The standard InChI is InChI=1S/C19H21N5O2S/c1-12-15-17(21-9-13-5-3-4-7-20-13)22-11-23-18(15)27-16(12)19(25)24(2)14-6-8-26-10-14/h3-5,7,11,14H,6,8-10H2,1-2H3,(H,21,22,23)/t14-/m0/s1. The second kappa shape index (κ2) is 7.58. The van der Waals surface area contributed by atoms with Crippen molar-refractivity contribution in [3.8, 4) is 0 Å². The normalized spacial score (nSPS) is 16.6. The second-order valence-corrected chi connectivity index (χ2v) is 7.57. The van der Waals surface area contributed by atoms with Gasteiger partial charge in [-0.1, -0.05) is 6.07 Å². The summed E-state index contributed by atoms with van der Waals surface area (Å²) in [5.41, 5.74) is 1.84. The highest BCUT2D eigenvalue weighted by molar-refractivity contribution is 7.20. The van der Waals surface area contributed by atoms with Gasteiger partial charge in [-0.3, -0.25) is 9.78 Å². The van der Waals surface area contributed by atoms with Crippen molar-refractivity contribution in [3.05, 3.63) is 46.9 Å². The van der Waals surface area contributed by atoms with E-state index in [4.69, 9.17) is 4.74 Å². The van der Waals surface area contributed by atoms with Crippen LogP contribution in [-0.4, -0.2) is 52.1 Å². The van der Waals surface area contributed by atoms with Crippen LogP contribution in [0.5, 0.6) is 0 Å². The van der Waals surface area contributed by atoms with Crippen molar-refractivity contribution in [1.82, 2.24) is 19.9 Å². The Morgan fingerprint density at radius 3 is 3.00 bits per heavy atom. The second-order valence-electron chi connectivity index (χ2n) is 6.57. The number of aromatic nitrogens is 3. The first-order chi connectivity index (χ1) is 13.1. The highest BCUT2D eigenvalue weighted by Crippen LogP contribution is 2.34. The van der Waals surface area contributed by atoms with Gasteiger partial charge in [0.1, 0.15) is 17.0 Å². The maximum absolute atomic E-state index is 13.0. The zero-order chi connectivity index (χ0) is 18.8. The predicted octanol–water partition coefficient (Wildman–Crippen LogP) is 2.87. The van der Waals surface area contributed by atoms with Crippen LogP contribution < -0.4 is 5.32 Å². The number of rotatable bonds is 5. The first-order valence-electron chi connectivity index (χ1n) is 8.88. The topological polar surface area (TPSA) is 80.2 Å². The molecule has 1 N–H and O–H groups in total. The lowest BCUT2D eigenvalue weighted by Crippen LogP contribution is -2.37. The third-order valence-corrected chi connectivity index (χ3v) is 6.05. The minimum atomic E-state index is 0.0154. The number of likely N-dealkylation sites (N-methyl/N-ethyl adjacent to an activating group) is 1. The van der Waals surface area contributed by atoms with Gasteiger partial charge in [-0.05, 0) is 31.0 Å². The van der Waals surface area contributed by atoms with E-state index in [1.807, 2.05) is 32.2 Å². The van der Waals surface area contributed by atoms with Gasteiger partial charge in [0.25, 0.3) is 5.91 Å². The number of aryl methyl sites for hydroxylation is 1. The fraction of sp³-hybridized carbons (Fsp3) is 0.368. The molecule has 1 aliphatic heterocycles. The summed E-state index contributed by atoms with van der Waals surface area (Å²) in [5, 5.41) is 4.23. The Hall–Kier alpha value is -2.58. The maximum atomic E-state index is 13.0. The molecule has 0 unspecified atom stereocenters. The summed E-state index contributed by atoms with van der Waals surface area (Å²) in [6, 6.07) is 5.93.